The summed E-state index contributed by atoms with van der Waals surface area (Å²) in [5.41, 5.74) is 7.18. The molecule has 0 saturated heterocycles. The van der Waals surface area contributed by atoms with Gasteiger partial charge in [0.15, 0.2) is 5.76 Å². The molecule has 9 rings (SSSR count). The summed E-state index contributed by atoms with van der Waals surface area (Å²) in [6.45, 7) is 50.9. The van der Waals surface area contributed by atoms with Crippen LogP contribution in [0.25, 0.3) is 11.3 Å². The highest BCUT2D eigenvalue weighted by molar-refractivity contribution is 6.33. The SMILES string of the molecule is C.C.CC(C)(C)c1cc(-c2ccccc2Cl)no1.CC(C)(C)c1cc(C2CC2)on1.CCCc1cc(C(C)(C)C)no1.CCc1cc(C(C)(C)C)on1.COCc1cc(C(C)(C)C)no1.COc1cc(C(C)(C)C)on1.Cc1cc(C(C)(C)C)on1. The lowest BCUT2D eigenvalue weighted by atomic mass is 9.92. The summed E-state index contributed by atoms with van der Waals surface area (Å²) in [5.74, 6) is 7.70. The second-order valence-electron chi connectivity index (χ2n) is 28.3. The Hall–Kier alpha value is -6.26. The molecule has 1 aliphatic carbocycles. The molecule has 0 N–H and O–H groups in total. The van der Waals surface area contributed by atoms with E-state index >= 15 is 0 Å². The van der Waals surface area contributed by atoms with Crippen LogP contribution >= 0.6 is 11.6 Å². The molecule has 7 heterocycles. The lowest BCUT2D eigenvalue weighted by Gasteiger charge is -2.12. The fourth-order valence-corrected chi connectivity index (χ4v) is 7.02. The van der Waals surface area contributed by atoms with Crippen molar-refractivity contribution in [3.8, 4) is 17.1 Å². The molecular weight excluding hydrogens is 1110 g/mol. The summed E-state index contributed by atoms with van der Waals surface area (Å²) in [6.07, 6.45) is 5.60. The van der Waals surface area contributed by atoms with Crippen molar-refractivity contribution in [2.45, 2.75) is 264 Å². The highest BCUT2D eigenvalue weighted by Crippen LogP contribution is 2.41. The van der Waals surface area contributed by atoms with E-state index in [0.29, 0.717) is 23.4 Å². The summed E-state index contributed by atoms with van der Waals surface area (Å²) in [7, 11) is 3.21. The number of hydrogen-bond acceptors (Lipinski definition) is 16. The van der Waals surface area contributed by atoms with Crippen LogP contribution in [0.4, 0.5) is 0 Å². The van der Waals surface area contributed by atoms with Gasteiger partial charge in [0.1, 0.15) is 46.9 Å². The molecule has 0 spiro atoms. The standard InChI is InChI=1S/C13H14ClNO.C10H15NO.C10H17NO.C9H15NO2.C9H15NO.C8H13NO2.C8H13NO.2CH4/c1-13(2,3)12-8-11(15-16-12)9-6-4-5-7-10(9)14;1-10(2,3)9-6-8(12-11-9)7-4-5-7;1-5-6-8-7-9(11-12-8)10(2,3)4;1-9(2,3)8-5-7(6-11-4)12-10-8;1-5-7-6-8(11-10-7)9(2,3)4;1-8(2,3)6-5-7(10-4)9-11-6;1-6-5-7(10-9-6)8(2,3)4;;/h4-8H,1-3H3;6-7H,4-5H2,1-3H3;7H,5-6H2,1-4H3;5H,6H2,1-4H3;6H,5H2,1-4H3;5H,1-4H3;5H,1-4H3;2*1H4. The zero-order chi connectivity index (χ0) is 63.6. The Kier molecular flexibility index (Phi) is 30.0. The minimum absolute atomic E-state index is 0. The lowest BCUT2D eigenvalue weighted by Crippen LogP contribution is -2.10. The Bertz CT molecular complexity index is 3010. The first-order valence-electron chi connectivity index (χ1n) is 29.2. The quantitative estimate of drug-likeness (QED) is 0.139. The van der Waals surface area contributed by atoms with Crippen LogP contribution in [0.15, 0.2) is 98.4 Å². The average molecular weight is 1220 g/mol. The first-order chi connectivity index (χ1) is 38.7. The maximum absolute atomic E-state index is 6.10. The zero-order valence-electron chi connectivity index (χ0n) is 55.9. The van der Waals surface area contributed by atoms with Gasteiger partial charge in [0.05, 0.1) is 40.6 Å². The minimum Gasteiger partial charge on any atom is -0.479 e. The fourth-order valence-electron chi connectivity index (χ4n) is 6.79. The van der Waals surface area contributed by atoms with Crippen molar-refractivity contribution in [2.75, 3.05) is 14.2 Å². The molecule has 482 valence electrons. The Labute approximate surface area is 521 Å². The van der Waals surface area contributed by atoms with Crippen molar-refractivity contribution < 1.29 is 41.1 Å². The second kappa shape index (κ2) is 33.2. The van der Waals surface area contributed by atoms with Gasteiger partial charge in [-0.3, -0.25) is 0 Å². The number of aromatic nitrogens is 7. The highest BCUT2D eigenvalue weighted by atomic mass is 35.5. The number of rotatable bonds is 8. The van der Waals surface area contributed by atoms with Gasteiger partial charge in [-0.15, -0.1) is 0 Å². The van der Waals surface area contributed by atoms with E-state index in [1.807, 2.05) is 55.5 Å². The van der Waals surface area contributed by atoms with Crippen LogP contribution in [0.3, 0.4) is 0 Å². The number of aryl methyl sites for hydroxylation is 3. The van der Waals surface area contributed by atoms with Crippen molar-refractivity contribution in [1.82, 2.24) is 36.1 Å². The molecule has 8 aromatic rings. The molecule has 17 heteroatoms. The van der Waals surface area contributed by atoms with Gasteiger partial charge in [0.25, 0.3) is 5.88 Å². The first kappa shape index (κ1) is 77.8. The Morgan fingerprint density at radius 1 is 0.477 bits per heavy atom. The van der Waals surface area contributed by atoms with Gasteiger partial charge >= 0.3 is 0 Å². The van der Waals surface area contributed by atoms with Gasteiger partial charge in [-0.05, 0) is 43.8 Å². The molecule has 0 atom stereocenters. The van der Waals surface area contributed by atoms with Crippen LogP contribution in [-0.4, -0.2) is 50.3 Å². The second-order valence-corrected chi connectivity index (χ2v) is 28.7. The van der Waals surface area contributed by atoms with E-state index in [1.54, 1.807) is 20.3 Å². The molecule has 1 saturated carbocycles. The zero-order valence-corrected chi connectivity index (χ0v) is 56.6. The maximum atomic E-state index is 6.10. The molecule has 7 aromatic heterocycles. The Morgan fingerprint density at radius 2 is 0.919 bits per heavy atom. The van der Waals surface area contributed by atoms with Gasteiger partial charge < -0.3 is 41.1 Å². The summed E-state index contributed by atoms with van der Waals surface area (Å²) in [6, 6.07) is 21.5. The summed E-state index contributed by atoms with van der Waals surface area (Å²) < 4.78 is 45.9. The molecule has 1 aliphatic rings. The topological polar surface area (TPSA) is 201 Å². The van der Waals surface area contributed by atoms with E-state index in [1.165, 1.54) is 12.8 Å². The highest BCUT2D eigenvalue weighted by Gasteiger charge is 2.30. The van der Waals surface area contributed by atoms with Gasteiger partial charge in [-0.2, -0.15) is 0 Å². The van der Waals surface area contributed by atoms with E-state index in [-0.39, 0.29) is 52.8 Å². The molecular formula is C69H110ClN7O9. The van der Waals surface area contributed by atoms with Crippen molar-refractivity contribution >= 4 is 11.6 Å². The van der Waals surface area contributed by atoms with Gasteiger partial charge in [0, 0.05) is 105 Å². The third kappa shape index (κ3) is 26.8. The fraction of sp³-hybridized carbons (Fsp3) is 0.609. The van der Waals surface area contributed by atoms with E-state index in [2.05, 4.69) is 207 Å². The van der Waals surface area contributed by atoms with E-state index in [0.717, 1.165) is 99.3 Å². The average Bonchev–Trinajstić information content (AvgIpc) is 3.21. The van der Waals surface area contributed by atoms with Crippen LogP contribution < -0.4 is 4.74 Å². The number of ether oxygens (including phenoxy) is 2. The van der Waals surface area contributed by atoms with Crippen molar-refractivity contribution in [3.05, 3.63) is 141 Å². The van der Waals surface area contributed by atoms with Gasteiger partial charge in [-0.25, -0.2) is 0 Å². The van der Waals surface area contributed by atoms with Crippen LogP contribution in [0, 0.1) is 6.92 Å². The molecule has 16 nitrogen and oxygen atoms in total. The normalized spacial score (nSPS) is 12.5. The number of benzene rings is 1. The van der Waals surface area contributed by atoms with Crippen LogP contribution in [-0.2, 0) is 62.1 Å². The predicted molar refractivity (Wildman–Crippen MR) is 348 cm³/mol. The van der Waals surface area contributed by atoms with Gasteiger partial charge in [-0.1, -0.05) is 235 Å². The smallest absolute Gasteiger partial charge is 0.254 e. The number of halogens is 1. The molecule has 0 radical (unpaired) electrons. The van der Waals surface area contributed by atoms with Crippen molar-refractivity contribution in [1.29, 1.82) is 0 Å². The molecule has 1 fully saturated rings. The summed E-state index contributed by atoms with van der Waals surface area (Å²) >= 11 is 6.10. The Morgan fingerprint density at radius 3 is 1.28 bits per heavy atom. The molecule has 0 amide bonds. The number of methoxy groups -OCH3 is 2. The lowest BCUT2D eigenvalue weighted by molar-refractivity contribution is 0.155. The monoisotopic (exact) mass is 1220 g/mol. The maximum Gasteiger partial charge on any atom is 0.254 e. The first-order valence-corrected chi connectivity index (χ1v) is 29.6. The molecule has 86 heavy (non-hydrogen) atoms. The van der Waals surface area contributed by atoms with E-state index in [4.69, 9.17) is 52.7 Å². The van der Waals surface area contributed by atoms with Gasteiger partial charge in [0.2, 0.25) is 0 Å². The predicted octanol–water partition coefficient (Wildman–Crippen LogP) is 20.3. The third-order valence-corrected chi connectivity index (χ3v) is 12.9. The number of nitrogens with zero attached hydrogens (tertiary/aromatic N) is 7. The Balaban J connectivity index is 0.000000502. The van der Waals surface area contributed by atoms with Crippen LogP contribution in [0.1, 0.15) is 268 Å². The van der Waals surface area contributed by atoms with Crippen LogP contribution in [0.2, 0.25) is 5.02 Å². The van der Waals surface area contributed by atoms with Crippen molar-refractivity contribution in [3.63, 3.8) is 0 Å². The number of hydrogen-bond donors (Lipinski definition) is 0. The molecule has 0 unspecified atom stereocenters. The molecule has 0 bridgehead atoms. The molecule has 1 aromatic carbocycles. The van der Waals surface area contributed by atoms with Crippen LogP contribution in [0.5, 0.6) is 5.88 Å². The van der Waals surface area contributed by atoms with Crippen molar-refractivity contribution in [2.24, 2.45) is 0 Å². The van der Waals surface area contributed by atoms with E-state index < -0.39 is 0 Å². The third-order valence-electron chi connectivity index (χ3n) is 12.6. The summed E-state index contributed by atoms with van der Waals surface area (Å²) in [5, 5.41) is 28.2. The summed E-state index contributed by atoms with van der Waals surface area (Å²) in [4.78, 5) is 0. The minimum atomic E-state index is -0.0352. The molecule has 0 aliphatic heterocycles. The largest absolute Gasteiger partial charge is 0.479 e. The van der Waals surface area contributed by atoms with E-state index in [9.17, 15) is 0 Å².